The molecular formula is C20H28N6O3. The summed E-state index contributed by atoms with van der Waals surface area (Å²) in [6, 6.07) is 1.42. The van der Waals surface area contributed by atoms with Crippen molar-refractivity contribution in [3.05, 3.63) is 24.0 Å². The number of hydrogen-bond donors (Lipinski definition) is 1. The molecule has 1 amide bonds. The van der Waals surface area contributed by atoms with Gasteiger partial charge in [-0.05, 0) is 31.7 Å². The van der Waals surface area contributed by atoms with Gasteiger partial charge >= 0.3 is 6.09 Å². The van der Waals surface area contributed by atoms with Gasteiger partial charge in [0.25, 0.3) is 0 Å². The third-order valence-electron chi connectivity index (χ3n) is 5.71. The van der Waals surface area contributed by atoms with E-state index in [9.17, 15) is 4.79 Å². The molecule has 0 spiro atoms. The third kappa shape index (κ3) is 4.18. The largest absolute Gasteiger partial charge is 0.447 e. The van der Waals surface area contributed by atoms with Crippen molar-refractivity contribution in [2.45, 2.75) is 70.9 Å². The molecule has 0 bridgehead atoms. The molecule has 1 saturated heterocycles. The Balaban J connectivity index is 1.46. The summed E-state index contributed by atoms with van der Waals surface area (Å²) in [6.07, 6.45) is 7.22. The van der Waals surface area contributed by atoms with Crippen LogP contribution in [-0.4, -0.2) is 38.9 Å². The van der Waals surface area contributed by atoms with Crippen LogP contribution in [0.25, 0.3) is 0 Å². The summed E-state index contributed by atoms with van der Waals surface area (Å²) >= 11 is 0. The Morgan fingerprint density at radius 2 is 1.97 bits per heavy atom. The van der Waals surface area contributed by atoms with Crippen LogP contribution in [0.4, 0.5) is 16.6 Å². The Kier molecular flexibility index (Phi) is 5.64. The summed E-state index contributed by atoms with van der Waals surface area (Å²) in [5.74, 6) is 2.87. The number of carbonyl (C=O) groups is 1. The van der Waals surface area contributed by atoms with Crippen molar-refractivity contribution < 1.29 is 14.1 Å². The van der Waals surface area contributed by atoms with E-state index in [1.807, 2.05) is 6.92 Å². The van der Waals surface area contributed by atoms with Gasteiger partial charge in [0.1, 0.15) is 18.5 Å². The summed E-state index contributed by atoms with van der Waals surface area (Å²) in [6.45, 7) is 6.41. The summed E-state index contributed by atoms with van der Waals surface area (Å²) in [4.78, 5) is 27.2. The molecule has 0 aromatic carbocycles. The Labute approximate surface area is 170 Å². The number of anilines is 2. The van der Waals surface area contributed by atoms with Gasteiger partial charge in [-0.3, -0.25) is 4.90 Å². The lowest BCUT2D eigenvalue weighted by molar-refractivity contribution is 0.177. The summed E-state index contributed by atoms with van der Waals surface area (Å²) in [5, 5.41) is 7.39. The number of ether oxygens (including phenoxy) is 1. The lowest BCUT2D eigenvalue weighted by Crippen LogP contribution is -2.37. The van der Waals surface area contributed by atoms with Gasteiger partial charge in [-0.15, -0.1) is 0 Å². The van der Waals surface area contributed by atoms with Gasteiger partial charge in [-0.25, -0.2) is 9.78 Å². The SMILES string of the molecule is CC(C)[C@H]1COC(=O)N1c1ccnc(N[C@@H](C)c2nc(C3CCCCC3)no2)n1. The number of amides is 1. The Bertz CT molecular complexity index is 848. The van der Waals surface area contributed by atoms with E-state index in [4.69, 9.17) is 9.26 Å². The van der Waals surface area contributed by atoms with E-state index < -0.39 is 0 Å². The highest BCUT2D eigenvalue weighted by molar-refractivity contribution is 5.89. The summed E-state index contributed by atoms with van der Waals surface area (Å²) in [7, 11) is 0. The highest BCUT2D eigenvalue weighted by Crippen LogP contribution is 2.32. The van der Waals surface area contributed by atoms with Crippen LogP contribution in [-0.2, 0) is 4.74 Å². The summed E-state index contributed by atoms with van der Waals surface area (Å²) in [5.41, 5.74) is 0. The lowest BCUT2D eigenvalue weighted by atomic mass is 9.89. The number of aromatic nitrogens is 4. The molecule has 156 valence electrons. The van der Waals surface area contributed by atoms with E-state index in [0.29, 0.717) is 30.2 Å². The first-order valence-corrected chi connectivity index (χ1v) is 10.4. The molecule has 1 aliphatic heterocycles. The van der Waals surface area contributed by atoms with E-state index >= 15 is 0 Å². The first kappa shape index (κ1) is 19.6. The molecule has 0 radical (unpaired) electrons. The van der Waals surface area contributed by atoms with Crippen molar-refractivity contribution >= 4 is 17.9 Å². The number of cyclic esters (lactones) is 1. The van der Waals surface area contributed by atoms with Crippen molar-refractivity contribution in [1.82, 2.24) is 20.1 Å². The van der Waals surface area contributed by atoms with Crippen LogP contribution in [0.1, 0.15) is 76.6 Å². The van der Waals surface area contributed by atoms with Crippen molar-refractivity contribution in [1.29, 1.82) is 0 Å². The maximum Gasteiger partial charge on any atom is 0.415 e. The highest BCUT2D eigenvalue weighted by atomic mass is 16.6. The number of carbonyl (C=O) groups excluding carboxylic acids is 1. The van der Waals surface area contributed by atoms with Crippen molar-refractivity contribution in [2.24, 2.45) is 5.92 Å². The fraction of sp³-hybridized carbons (Fsp3) is 0.650. The Hall–Kier alpha value is -2.71. The molecule has 2 atom stereocenters. The van der Waals surface area contributed by atoms with E-state index in [2.05, 4.69) is 39.3 Å². The molecule has 29 heavy (non-hydrogen) atoms. The second kappa shape index (κ2) is 8.34. The minimum atomic E-state index is -0.379. The second-order valence-electron chi connectivity index (χ2n) is 8.19. The molecule has 9 nitrogen and oxygen atoms in total. The molecule has 1 saturated carbocycles. The molecule has 1 aliphatic carbocycles. The standard InChI is InChI=1S/C20H28N6O3/c1-12(2)15-11-28-20(27)26(15)16-9-10-21-19(23-16)22-13(3)18-24-17(25-29-18)14-7-5-4-6-8-14/h9-10,12-15H,4-8,11H2,1-3H3,(H,21,22,23)/t13-,15+/m0/s1. The predicted octanol–water partition coefficient (Wildman–Crippen LogP) is 4.06. The monoisotopic (exact) mass is 400 g/mol. The molecule has 2 aromatic heterocycles. The predicted molar refractivity (Wildman–Crippen MR) is 107 cm³/mol. The minimum Gasteiger partial charge on any atom is -0.447 e. The van der Waals surface area contributed by atoms with Crippen LogP contribution in [0.2, 0.25) is 0 Å². The lowest BCUT2D eigenvalue weighted by Gasteiger charge is -2.23. The molecule has 3 heterocycles. The number of hydrogen-bond acceptors (Lipinski definition) is 8. The zero-order chi connectivity index (χ0) is 20.4. The average molecular weight is 400 g/mol. The van der Waals surface area contributed by atoms with Crippen molar-refractivity contribution in [3.63, 3.8) is 0 Å². The first-order valence-electron chi connectivity index (χ1n) is 10.4. The topological polar surface area (TPSA) is 106 Å². The maximum atomic E-state index is 12.2. The van der Waals surface area contributed by atoms with E-state index in [0.717, 1.165) is 18.7 Å². The van der Waals surface area contributed by atoms with Crippen LogP contribution in [0.5, 0.6) is 0 Å². The molecule has 0 unspecified atom stereocenters. The molecule has 4 rings (SSSR count). The van der Waals surface area contributed by atoms with E-state index in [-0.39, 0.29) is 24.1 Å². The second-order valence-corrected chi connectivity index (χ2v) is 8.19. The molecule has 2 aliphatic rings. The fourth-order valence-corrected chi connectivity index (χ4v) is 3.95. The molecule has 1 N–H and O–H groups in total. The van der Waals surface area contributed by atoms with Gasteiger partial charge in [0.2, 0.25) is 11.8 Å². The van der Waals surface area contributed by atoms with Gasteiger partial charge < -0.3 is 14.6 Å². The normalized spacial score (nSPS) is 21.4. The highest BCUT2D eigenvalue weighted by Gasteiger charge is 2.37. The zero-order valence-electron chi connectivity index (χ0n) is 17.2. The number of rotatable bonds is 6. The van der Waals surface area contributed by atoms with Gasteiger partial charge in [-0.2, -0.15) is 9.97 Å². The van der Waals surface area contributed by atoms with Crippen LogP contribution < -0.4 is 10.2 Å². The number of nitrogens with zero attached hydrogens (tertiary/aromatic N) is 5. The van der Waals surface area contributed by atoms with E-state index in [1.54, 1.807) is 17.2 Å². The first-order chi connectivity index (χ1) is 14.0. The van der Waals surface area contributed by atoms with Gasteiger partial charge in [0, 0.05) is 12.1 Å². The van der Waals surface area contributed by atoms with Crippen molar-refractivity contribution in [3.8, 4) is 0 Å². The fourth-order valence-electron chi connectivity index (χ4n) is 3.95. The van der Waals surface area contributed by atoms with Gasteiger partial charge in [0.05, 0.1) is 6.04 Å². The molecule has 9 heteroatoms. The van der Waals surface area contributed by atoms with Gasteiger partial charge in [0.15, 0.2) is 5.82 Å². The van der Waals surface area contributed by atoms with Gasteiger partial charge in [-0.1, -0.05) is 38.3 Å². The Morgan fingerprint density at radius 3 is 2.72 bits per heavy atom. The van der Waals surface area contributed by atoms with E-state index in [1.165, 1.54) is 19.3 Å². The molecule has 2 fully saturated rings. The number of nitrogens with one attached hydrogen (secondary N) is 1. The minimum absolute atomic E-state index is 0.0448. The summed E-state index contributed by atoms with van der Waals surface area (Å²) < 4.78 is 10.7. The maximum absolute atomic E-state index is 12.2. The van der Waals surface area contributed by atoms with Crippen LogP contribution in [0, 0.1) is 5.92 Å². The molecule has 2 aromatic rings. The smallest absolute Gasteiger partial charge is 0.415 e. The van der Waals surface area contributed by atoms with Crippen molar-refractivity contribution in [2.75, 3.05) is 16.8 Å². The quantitative estimate of drug-likeness (QED) is 0.774. The molecular weight excluding hydrogens is 372 g/mol. The Morgan fingerprint density at radius 1 is 1.17 bits per heavy atom. The average Bonchev–Trinajstić information content (AvgIpc) is 3.36. The van der Waals surface area contributed by atoms with Crippen LogP contribution in [0.15, 0.2) is 16.8 Å². The zero-order valence-corrected chi connectivity index (χ0v) is 17.2. The van der Waals surface area contributed by atoms with Crippen LogP contribution in [0.3, 0.4) is 0 Å². The van der Waals surface area contributed by atoms with Crippen LogP contribution >= 0.6 is 0 Å². The third-order valence-corrected chi connectivity index (χ3v) is 5.71.